The van der Waals surface area contributed by atoms with Gasteiger partial charge in [0.15, 0.2) is 11.0 Å². The molecule has 0 saturated heterocycles. The summed E-state index contributed by atoms with van der Waals surface area (Å²) < 4.78 is 49.2. The molecule has 182 valence electrons. The van der Waals surface area contributed by atoms with E-state index in [1.807, 2.05) is 13.0 Å². The number of rotatable bonds is 7. The van der Waals surface area contributed by atoms with Crippen LogP contribution in [0.4, 0.5) is 14.6 Å². The molecule has 1 aromatic heterocycles. The number of nitrogens with one attached hydrogen (secondary N) is 1. The lowest BCUT2D eigenvalue weighted by molar-refractivity contribution is 0.267. The summed E-state index contributed by atoms with van der Waals surface area (Å²) in [6, 6.07) is 8.92. The third-order valence-corrected chi connectivity index (χ3v) is 6.96. The average Bonchev–Trinajstić information content (AvgIpc) is 3.33. The van der Waals surface area contributed by atoms with Gasteiger partial charge in [-0.1, -0.05) is 36.7 Å². The maximum absolute atomic E-state index is 14.6. The molecule has 3 aromatic rings. The van der Waals surface area contributed by atoms with Gasteiger partial charge >= 0.3 is 0 Å². The molecule has 0 aliphatic heterocycles. The van der Waals surface area contributed by atoms with E-state index in [0.717, 1.165) is 43.0 Å². The smallest absolute Gasteiger partial charge is 0.154 e. The Kier molecular flexibility index (Phi) is 10.0. The van der Waals surface area contributed by atoms with Crippen LogP contribution in [0.25, 0.3) is 5.57 Å². The highest BCUT2D eigenvalue weighted by Crippen LogP contribution is 2.35. The second kappa shape index (κ2) is 12.9. The van der Waals surface area contributed by atoms with Crippen LogP contribution in [0.1, 0.15) is 31.7 Å². The Balaban J connectivity index is 0.00000103. The summed E-state index contributed by atoms with van der Waals surface area (Å²) in [5, 5.41) is 1.83. The lowest BCUT2D eigenvalue weighted by atomic mass is 9.84. The molecule has 0 spiro atoms. The number of thiazole rings is 1. The molecule has 3 N–H and O–H groups in total. The number of benzene rings is 2. The minimum Gasteiger partial charge on any atom is -0.491 e. The zero-order valence-corrected chi connectivity index (χ0v) is 21.0. The summed E-state index contributed by atoms with van der Waals surface area (Å²) in [6.45, 7) is 2.93. The molecule has 0 bridgehead atoms. The highest BCUT2D eigenvalue weighted by Gasteiger charge is 2.22. The van der Waals surface area contributed by atoms with Gasteiger partial charge in [0.1, 0.15) is 23.2 Å². The van der Waals surface area contributed by atoms with E-state index in [-0.39, 0.29) is 34.0 Å². The molecule has 5 nitrogen and oxygen atoms in total. The van der Waals surface area contributed by atoms with Crippen LogP contribution in [0.5, 0.6) is 5.75 Å². The average molecular weight is 526 g/mol. The Morgan fingerprint density at radius 2 is 2.12 bits per heavy atom. The topological polar surface area (TPSA) is 77.2 Å². The number of ether oxygens (including phenoxy) is 1. The molecular formula is C24H26ClF2N3O2S2. The molecule has 1 aliphatic rings. The van der Waals surface area contributed by atoms with Gasteiger partial charge < -0.3 is 10.5 Å². The third-order valence-electron chi connectivity index (χ3n) is 4.97. The Bertz CT molecular complexity index is 1140. The Morgan fingerprint density at radius 1 is 1.32 bits per heavy atom. The minimum absolute atomic E-state index is 0.0369. The lowest BCUT2D eigenvalue weighted by Crippen LogP contribution is -2.17. The number of aromatic nitrogens is 1. The van der Waals surface area contributed by atoms with E-state index in [9.17, 15) is 13.0 Å². The largest absolute Gasteiger partial charge is 0.491 e. The normalized spacial score (nSPS) is 16.1. The van der Waals surface area contributed by atoms with Gasteiger partial charge in [0.05, 0.1) is 22.0 Å². The fourth-order valence-electron chi connectivity index (χ4n) is 3.50. The molecule has 0 amide bonds. The van der Waals surface area contributed by atoms with Crippen molar-refractivity contribution in [1.29, 1.82) is 0 Å². The Morgan fingerprint density at radius 3 is 2.82 bits per heavy atom. The van der Waals surface area contributed by atoms with Crippen LogP contribution in [-0.2, 0) is 11.0 Å². The molecule has 2 atom stereocenters. The number of anilines is 1. The lowest BCUT2D eigenvalue weighted by Gasteiger charge is -2.25. The highest BCUT2D eigenvalue weighted by atomic mass is 35.5. The third kappa shape index (κ3) is 7.09. The van der Waals surface area contributed by atoms with Crippen molar-refractivity contribution in [1.82, 2.24) is 4.98 Å². The maximum Gasteiger partial charge on any atom is 0.154 e. The van der Waals surface area contributed by atoms with E-state index in [2.05, 4.69) is 15.8 Å². The second-order valence-corrected chi connectivity index (χ2v) is 9.78. The Hall–Kier alpha value is -2.33. The SMILES string of the molecule is CCN.O=S(Nc1cscn1)c1cc(Cl)c(OCC2CCCC=C2c2cccc(F)c2)cc1F. The number of nitrogens with two attached hydrogens (primary N) is 1. The fourth-order valence-corrected chi connectivity index (χ4v) is 5.22. The standard InChI is InChI=1S/C22H19ClF2N2O2S2.C2H7N/c23-18-9-21(31(28)27-22-12-30-13-26-22)19(25)10-20(18)29-11-15-4-1-2-7-17(15)14-5-3-6-16(24)8-14;1-2-3/h3,5-10,12-13,15,27H,1-2,4,11H2;2-3H2,1H3. The Labute approximate surface area is 209 Å². The first-order valence-corrected chi connectivity index (χ1v) is 13.2. The van der Waals surface area contributed by atoms with E-state index in [0.29, 0.717) is 5.82 Å². The van der Waals surface area contributed by atoms with Gasteiger partial charge in [0, 0.05) is 17.4 Å². The number of halogens is 3. The zero-order valence-electron chi connectivity index (χ0n) is 18.6. The van der Waals surface area contributed by atoms with Gasteiger partial charge in [-0.2, -0.15) is 0 Å². The van der Waals surface area contributed by atoms with E-state index >= 15 is 0 Å². The van der Waals surface area contributed by atoms with Crippen molar-refractivity contribution >= 4 is 45.3 Å². The van der Waals surface area contributed by atoms with Crippen molar-refractivity contribution in [3.05, 3.63) is 75.6 Å². The highest BCUT2D eigenvalue weighted by molar-refractivity contribution is 7.86. The van der Waals surface area contributed by atoms with E-state index < -0.39 is 16.8 Å². The van der Waals surface area contributed by atoms with Crippen molar-refractivity contribution in [2.75, 3.05) is 17.9 Å². The molecule has 0 saturated carbocycles. The summed E-state index contributed by atoms with van der Waals surface area (Å²) in [4.78, 5) is 3.90. The monoisotopic (exact) mass is 525 g/mol. The molecule has 0 fully saturated rings. The maximum atomic E-state index is 14.6. The second-order valence-electron chi connectivity index (χ2n) is 7.47. The van der Waals surface area contributed by atoms with Crippen LogP contribution in [0, 0.1) is 17.6 Å². The van der Waals surface area contributed by atoms with Crippen LogP contribution in [0.3, 0.4) is 0 Å². The molecular weight excluding hydrogens is 500 g/mol. The van der Waals surface area contributed by atoms with Crippen molar-refractivity contribution in [3.8, 4) is 5.75 Å². The molecule has 1 heterocycles. The molecule has 4 rings (SSSR count). The molecule has 10 heteroatoms. The first-order chi connectivity index (χ1) is 16.4. The first-order valence-electron chi connectivity index (χ1n) is 10.8. The number of allylic oxidation sites excluding steroid dienone is 1. The predicted molar refractivity (Wildman–Crippen MR) is 135 cm³/mol. The number of hydrogen-bond acceptors (Lipinski definition) is 5. The molecule has 2 aromatic carbocycles. The zero-order chi connectivity index (χ0) is 24.5. The van der Waals surface area contributed by atoms with Gasteiger partial charge in [-0.25, -0.2) is 18.0 Å². The van der Waals surface area contributed by atoms with Crippen LogP contribution in [0.15, 0.2) is 58.3 Å². The summed E-state index contributed by atoms with van der Waals surface area (Å²) in [6.07, 6.45) is 4.90. The van der Waals surface area contributed by atoms with Gasteiger partial charge in [0.25, 0.3) is 0 Å². The summed E-state index contributed by atoms with van der Waals surface area (Å²) >= 11 is 7.62. The first kappa shape index (κ1) is 26.3. The fraction of sp³-hybridized carbons (Fsp3) is 0.292. The van der Waals surface area contributed by atoms with Crippen molar-refractivity contribution in [2.24, 2.45) is 11.7 Å². The van der Waals surface area contributed by atoms with Crippen LogP contribution in [0.2, 0.25) is 5.02 Å². The van der Waals surface area contributed by atoms with E-state index in [4.69, 9.17) is 22.1 Å². The molecule has 34 heavy (non-hydrogen) atoms. The molecule has 1 aliphatic carbocycles. The number of nitrogens with zero attached hydrogens (tertiary/aromatic N) is 1. The van der Waals surface area contributed by atoms with Gasteiger partial charge in [-0.05, 0) is 55.1 Å². The molecule has 0 radical (unpaired) electrons. The van der Waals surface area contributed by atoms with Crippen LogP contribution < -0.4 is 15.2 Å². The predicted octanol–water partition coefficient (Wildman–Crippen LogP) is 6.44. The van der Waals surface area contributed by atoms with Gasteiger partial charge in [-0.15, -0.1) is 11.3 Å². The quantitative estimate of drug-likeness (QED) is 0.372. The molecule has 2 unspecified atom stereocenters. The number of hydrogen-bond donors (Lipinski definition) is 2. The van der Waals surface area contributed by atoms with E-state index in [1.54, 1.807) is 17.0 Å². The van der Waals surface area contributed by atoms with Crippen molar-refractivity contribution in [3.63, 3.8) is 0 Å². The van der Waals surface area contributed by atoms with Crippen LogP contribution in [-0.4, -0.2) is 22.3 Å². The van der Waals surface area contributed by atoms with Gasteiger partial charge in [0.2, 0.25) is 0 Å². The van der Waals surface area contributed by atoms with Crippen molar-refractivity contribution < 1.29 is 17.7 Å². The van der Waals surface area contributed by atoms with E-state index in [1.165, 1.54) is 29.5 Å². The summed E-state index contributed by atoms with van der Waals surface area (Å²) in [5.74, 6) is -0.366. The van der Waals surface area contributed by atoms with Gasteiger partial charge in [-0.3, -0.25) is 4.72 Å². The summed E-state index contributed by atoms with van der Waals surface area (Å²) in [7, 11) is -1.85. The van der Waals surface area contributed by atoms with Crippen molar-refractivity contribution in [2.45, 2.75) is 31.1 Å². The minimum atomic E-state index is -1.85. The van der Waals surface area contributed by atoms with Crippen LogP contribution >= 0.6 is 22.9 Å². The summed E-state index contributed by atoms with van der Waals surface area (Å²) in [5.41, 5.74) is 8.27.